The maximum atomic E-state index is 5.70. The molecule has 2 atom stereocenters. The lowest BCUT2D eigenvalue weighted by Gasteiger charge is -2.18. The van der Waals surface area contributed by atoms with Gasteiger partial charge in [-0.15, -0.1) is 0 Å². The molecule has 3 nitrogen and oxygen atoms in total. The van der Waals surface area contributed by atoms with Crippen molar-refractivity contribution in [1.29, 1.82) is 0 Å². The quantitative estimate of drug-likeness (QED) is 0.644. The normalized spacial score (nSPS) is 15.6. The van der Waals surface area contributed by atoms with Crippen LogP contribution in [-0.4, -0.2) is 32.0 Å². The van der Waals surface area contributed by atoms with Crippen LogP contribution in [0.15, 0.2) is 0 Å². The van der Waals surface area contributed by atoms with Gasteiger partial charge in [-0.25, -0.2) is 0 Å². The third-order valence-corrected chi connectivity index (χ3v) is 2.31. The van der Waals surface area contributed by atoms with Gasteiger partial charge in [-0.1, -0.05) is 13.8 Å². The molecule has 0 fully saturated rings. The van der Waals surface area contributed by atoms with E-state index in [1.807, 2.05) is 6.92 Å². The van der Waals surface area contributed by atoms with Crippen molar-refractivity contribution >= 4 is 0 Å². The molecule has 0 heterocycles. The van der Waals surface area contributed by atoms with Gasteiger partial charge in [-0.05, 0) is 32.6 Å². The molecule has 2 unspecified atom stereocenters. The fourth-order valence-electron chi connectivity index (χ4n) is 1.64. The van der Waals surface area contributed by atoms with E-state index in [1.54, 1.807) is 0 Å². The first-order valence-corrected chi connectivity index (χ1v) is 6.03. The van der Waals surface area contributed by atoms with Gasteiger partial charge in [0.2, 0.25) is 0 Å². The summed E-state index contributed by atoms with van der Waals surface area (Å²) >= 11 is 0. The molecule has 0 radical (unpaired) electrons. The molecule has 0 aromatic rings. The Hall–Kier alpha value is -0.120. The van der Waals surface area contributed by atoms with Crippen LogP contribution in [0, 0.1) is 5.92 Å². The van der Waals surface area contributed by atoms with E-state index in [9.17, 15) is 0 Å². The van der Waals surface area contributed by atoms with Crippen molar-refractivity contribution < 1.29 is 9.47 Å². The number of nitrogens with two attached hydrogens (primary N) is 1. The summed E-state index contributed by atoms with van der Waals surface area (Å²) in [5.41, 5.74) is 5.58. The van der Waals surface area contributed by atoms with Crippen molar-refractivity contribution in [1.82, 2.24) is 0 Å². The number of ether oxygens (including phenoxy) is 2. The molecule has 0 spiro atoms. The van der Waals surface area contributed by atoms with Gasteiger partial charge < -0.3 is 15.2 Å². The molecule has 0 rings (SSSR count). The molecule has 0 amide bonds. The van der Waals surface area contributed by atoms with E-state index in [2.05, 4.69) is 20.8 Å². The second-order valence-electron chi connectivity index (χ2n) is 4.41. The molecule has 0 aliphatic carbocycles. The maximum absolute atomic E-state index is 5.70. The Morgan fingerprint density at radius 1 is 1.13 bits per heavy atom. The second-order valence-corrected chi connectivity index (χ2v) is 4.41. The smallest absolute Gasteiger partial charge is 0.0719 e. The largest absolute Gasteiger partial charge is 0.378 e. The predicted molar refractivity (Wildman–Crippen MR) is 64.0 cm³/mol. The summed E-state index contributed by atoms with van der Waals surface area (Å²) in [5.74, 6) is 0.692. The lowest BCUT2D eigenvalue weighted by atomic mass is 10.1. The van der Waals surface area contributed by atoms with Gasteiger partial charge in [0.15, 0.2) is 0 Å². The minimum atomic E-state index is 0.154. The molecule has 0 aromatic heterocycles. The minimum absolute atomic E-state index is 0.154. The summed E-state index contributed by atoms with van der Waals surface area (Å²) in [6.45, 7) is 10.6. The summed E-state index contributed by atoms with van der Waals surface area (Å²) in [5, 5.41) is 0. The van der Waals surface area contributed by atoms with E-state index in [1.165, 1.54) is 0 Å². The number of rotatable bonds is 9. The Morgan fingerprint density at radius 2 is 1.80 bits per heavy atom. The highest BCUT2D eigenvalue weighted by molar-refractivity contribution is 4.59. The average molecular weight is 217 g/mol. The zero-order valence-electron chi connectivity index (χ0n) is 10.7. The molecule has 0 aliphatic heterocycles. The van der Waals surface area contributed by atoms with Crippen LogP contribution < -0.4 is 5.73 Å². The zero-order valence-corrected chi connectivity index (χ0v) is 10.7. The van der Waals surface area contributed by atoms with Crippen molar-refractivity contribution in [2.24, 2.45) is 11.7 Å². The number of hydrogen-bond acceptors (Lipinski definition) is 3. The minimum Gasteiger partial charge on any atom is -0.378 e. The van der Waals surface area contributed by atoms with Gasteiger partial charge in [-0.3, -0.25) is 0 Å². The third-order valence-electron chi connectivity index (χ3n) is 2.31. The topological polar surface area (TPSA) is 44.5 Å². The van der Waals surface area contributed by atoms with E-state index >= 15 is 0 Å². The molecule has 0 saturated carbocycles. The summed E-state index contributed by atoms with van der Waals surface area (Å²) < 4.78 is 11.1. The Labute approximate surface area is 94.3 Å². The first kappa shape index (κ1) is 14.9. The Kier molecular flexibility index (Phi) is 9.06. The van der Waals surface area contributed by atoms with Gasteiger partial charge >= 0.3 is 0 Å². The van der Waals surface area contributed by atoms with E-state index in [4.69, 9.17) is 15.2 Å². The van der Waals surface area contributed by atoms with E-state index in [0.29, 0.717) is 18.6 Å². The first-order valence-electron chi connectivity index (χ1n) is 6.03. The highest BCUT2D eigenvalue weighted by Crippen LogP contribution is 2.08. The van der Waals surface area contributed by atoms with E-state index < -0.39 is 0 Å². The fourth-order valence-corrected chi connectivity index (χ4v) is 1.64. The lowest BCUT2D eigenvalue weighted by molar-refractivity contribution is 0.00560. The monoisotopic (exact) mass is 217 g/mol. The van der Waals surface area contributed by atoms with Crippen LogP contribution in [0.5, 0.6) is 0 Å². The molecule has 3 heteroatoms. The van der Waals surface area contributed by atoms with Gasteiger partial charge in [-0.2, -0.15) is 0 Å². The van der Waals surface area contributed by atoms with Crippen LogP contribution in [-0.2, 0) is 9.47 Å². The molecule has 0 aromatic carbocycles. The molecule has 0 bridgehead atoms. The van der Waals surface area contributed by atoms with Crippen LogP contribution in [0.2, 0.25) is 0 Å². The third kappa shape index (κ3) is 8.85. The van der Waals surface area contributed by atoms with Crippen LogP contribution in [0.4, 0.5) is 0 Å². The Morgan fingerprint density at radius 3 is 2.27 bits per heavy atom. The molecule has 92 valence electrons. The zero-order chi connectivity index (χ0) is 11.7. The predicted octanol–water partition coefficient (Wildman–Crippen LogP) is 2.19. The Bertz CT molecular complexity index is 140. The summed E-state index contributed by atoms with van der Waals surface area (Å²) in [6.07, 6.45) is 2.50. The van der Waals surface area contributed by atoms with Crippen LogP contribution in [0.3, 0.4) is 0 Å². The first-order chi connectivity index (χ1) is 7.10. The molecular weight excluding hydrogens is 190 g/mol. The van der Waals surface area contributed by atoms with Crippen LogP contribution in [0.25, 0.3) is 0 Å². The molecule has 15 heavy (non-hydrogen) atoms. The van der Waals surface area contributed by atoms with Crippen LogP contribution >= 0.6 is 0 Å². The van der Waals surface area contributed by atoms with Crippen molar-refractivity contribution in [3.8, 4) is 0 Å². The molecular formula is C12H27NO2. The van der Waals surface area contributed by atoms with Gasteiger partial charge in [0, 0.05) is 19.8 Å². The van der Waals surface area contributed by atoms with Crippen molar-refractivity contribution in [3.63, 3.8) is 0 Å². The Balaban J connectivity index is 3.49. The van der Waals surface area contributed by atoms with Crippen molar-refractivity contribution in [3.05, 3.63) is 0 Å². The van der Waals surface area contributed by atoms with E-state index in [0.717, 1.165) is 26.1 Å². The van der Waals surface area contributed by atoms with Gasteiger partial charge in [0.05, 0.1) is 12.2 Å². The summed E-state index contributed by atoms with van der Waals surface area (Å²) in [4.78, 5) is 0. The summed E-state index contributed by atoms with van der Waals surface area (Å²) in [6, 6.07) is 0. The van der Waals surface area contributed by atoms with Crippen molar-refractivity contribution in [2.45, 2.75) is 52.7 Å². The standard InChI is InChI=1S/C12H27NO2/c1-5-14-12(9-13)6-7-15-11(4)8-10(2)3/h10-12H,5-9,13H2,1-4H3. The average Bonchev–Trinajstić information content (AvgIpc) is 2.15. The maximum Gasteiger partial charge on any atom is 0.0719 e. The fraction of sp³-hybridized carbons (Fsp3) is 1.00. The highest BCUT2D eigenvalue weighted by Gasteiger charge is 2.08. The van der Waals surface area contributed by atoms with Gasteiger partial charge in [0.1, 0.15) is 0 Å². The van der Waals surface area contributed by atoms with Crippen molar-refractivity contribution in [2.75, 3.05) is 19.8 Å². The lowest BCUT2D eigenvalue weighted by Crippen LogP contribution is -2.26. The highest BCUT2D eigenvalue weighted by atomic mass is 16.5. The molecule has 0 aliphatic rings. The van der Waals surface area contributed by atoms with E-state index in [-0.39, 0.29) is 6.10 Å². The SMILES string of the molecule is CCOC(CN)CCOC(C)CC(C)C. The molecule has 2 N–H and O–H groups in total. The van der Waals surface area contributed by atoms with Crippen LogP contribution in [0.1, 0.15) is 40.5 Å². The summed E-state index contributed by atoms with van der Waals surface area (Å²) in [7, 11) is 0. The molecule has 0 saturated heterocycles. The van der Waals surface area contributed by atoms with Gasteiger partial charge in [0.25, 0.3) is 0 Å². The number of hydrogen-bond donors (Lipinski definition) is 1. The second kappa shape index (κ2) is 9.13.